The van der Waals surface area contributed by atoms with Crippen LogP contribution in [0.4, 0.5) is 13.2 Å². The van der Waals surface area contributed by atoms with Gasteiger partial charge >= 0.3 is 6.18 Å². The summed E-state index contributed by atoms with van der Waals surface area (Å²) in [4.78, 5) is 7.36. The Bertz CT molecular complexity index is 384. The van der Waals surface area contributed by atoms with Crippen molar-refractivity contribution in [3.05, 3.63) is 11.8 Å². The number of alkyl halides is 3. The fourth-order valence-corrected chi connectivity index (χ4v) is 1.34. The zero-order chi connectivity index (χ0) is 13.1. The van der Waals surface area contributed by atoms with Crippen molar-refractivity contribution in [2.75, 3.05) is 6.26 Å². The van der Waals surface area contributed by atoms with E-state index in [-0.39, 0.29) is 11.3 Å². The summed E-state index contributed by atoms with van der Waals surface area (Å²) >= 11 is 1.17. The van der Waals surface area contributed by atoms with E-state index < -0.39 is 17.6 Å². The molecule has 0 amide bonds. The van der Waals surface area contributed by atoms with Crippen LogP contribution in [0.3, 0.4) is 0 Å². The number of halogens is 3. The summed E-state index contributed by atoms with van der Waals surface area (Å²) in [6.07, 6.45) is -1.76. The van der Waals surface area contributed by atoms with Gasteiger partial charge in [-0.2, -0.15) is 18.2 Å². The second-order valence-corrected chi connectivity index (χ2v) is 4.18. The van der Waals surface area contributed by atoms with Crippen LogP contribution in [-0.4, -0.2) is 22.3 Å². The van der Waals surface area contributed by atoms with Gasteiger partial charge in [0.2, 0.25) is 5.88 Å². The average Bonchev–Trinajstić information content (AvgIpc) is 2.27. The molecule has 1 aromatic rings. The molecule has 96 valence electrons. The maximum absolute atomic E-state index is 12.7. The van der Waals surface area contributed by atoms with E-state index in [0.29, 0.717) is 6.42 Å². The van der Waals surface area contributed by atoms with Gasteiger partial charge in [0.05, 0.1) is 6.10 Å². The maximum atomic E-state index is 12.7. The van der Waals surface area contributed by atoms with Gasteiger partial charge in [-0.1, -0.05) is 18.7 Å². The quantitative estimate of drug-likeness (QED) is 0.618. The molecule has 17 heavy (non-hydrogen) atoms. The lowest BCUT2D eigenvalue weighted by atomic mass is 10.3. The van der Waals surface area contributed by atoms with Crippen LogP contribution in [0.25, 0.3) is 0 Å². The molecule has 0 bridgehead atoms. The molecule has 0 fully saturated rings. The lowest BCUT2D eigenvalue weighted by Gasteiger charge is -2.16. The second-order valence-electron chi connectivity index (χ2n) is 3.41. The number of nitrogens with zero attached hydrogens (tertiary/aromatic N) is 2. The monoisotopic (exact) mass is 266 g/mol. The van der Waals surface area contributed by atoms with Crippen molar-refractivity contribution < 1.29 is 17.9 Å². The normalized spacial score (nSPS) is 13.5. The Kier molecular flexibility index (Phi) is 4.62. The van der Waals surface area contributed by atoms with Gasteiger partial charge in [-0.25, -0.2) is 4.98 Å². The molecule has 0 unspecified atom stereocenters. The van der Waals surface area contributed by atoms with Crippen molar-refractivity contribution >= 4 is 11.8 Å². The number of hydrogen-bond acceptors (Lipinski definition) is 4. The molecular weight excluding hydrogens is 253 g/mol. The molecule has 0 aliphatic carbocycles. The highest BCUT2D eigenvalue weighted by molar-refractivity contribution is 7.98. The number of ether oxygens (including phenoxy) is 1. The highest BCUT2D eigenvalue weighted by atomic mass is 32.2. The number of thioether (sulfide) groups is 1. The van der Waals surface area contributed by atoms with Crippen LogP contribution >= 0.6 is 11.8 Å². The molecule has 1 heterocycles. The number of aromatic nitrogens is 2. The molecule has 1 atom stereocenters. The fraction of sp³-hybridized carbons (Fsp3) is 0.600. The lowest BCUT2D eigenvalue weighted by Crippen LogP contribution is -2.16. The largest absolute Gasteiger partial charge is 0.474 e. The number of rotatable bonds is 4. The van der Waals surface area contributed by atoms with Crippen molar-refractivity contribution in [2.24, 2.45) is 0 Å². The molecular formula is C10H13F3N2OS. The molecule has 0 spiro atoms. The molecule has 0 aliphatic rings. The molecule has 0 saturated heterocycles. The molecule has 1 aromatic heterocycles. The van der Waals surface area contributed by atoms with Gasteiger partial charge in [0.25, 0.3) is 0 Å². The summed E-state index contributed by atoms with van der Waals surface area (Å²) in [6.45, 7) is 3.52. The number of hydrogen-bond donors (Lipinski definition) is 0. The first-order valence-corrected chi connectivity index (χ1v) is 6.25. The van der Waals surface area contributed by atoms with E-state index >= 15 is 0 Å². The minimum Gasteiger partial charge on any atom is -0.474 e. The Morgan fingerprint density at radius 1 is 1.47 bits per heavy atom. The zero-order valence-corrected chi connectivity index (χ0v) is 10.5. The molecule has 0 aliphatic heterocycles. The zero-order valence-electron chi connectivity index (χ0n) is 9.71. The van der Waals surface area contributed by atoms with Gasteiger partial charge in [0.1, 0.15) is 5.56 Å². The van der Waals surface area contributed by atoms with Crippen LogP contribution in [-0.2, 0) is 6.18 Å². The predicted molar refractivity (Wildman–Crippen MR) is 59.2 cm³/mol. The van der Waals surface area contributed by atoms with E-state index in [1.807, 2.05) is 6.92 Å². The third-order valence-electron chi connectivity index (χ3n) is 2.11. The van der Waals surface area contributed by atoms with Crippen LogP contribution in [0, 0.1) is 0 Å². The van der Waals surface area contributed by atoms with Gasteiger partial charge in [0.15, 0.2) is 5.16 Å². The van der Waals surface area contributed by atoms with Crippen molar-refractivity contribution in [3.8, 4) is 5.88 Å². The van der Waals surface area contributed by atoms with Gasteiger partial charge in [-0.05, 0) is 19.6 Å². The first-order chi connectivity index (χ1) is 7.88. The van der Waals surface area contributed by atoms with Crippen molar-refractivity contribution in [2.45, 2.75) is 37.7 Å². The minimum atomic E-state index is -4.50. The van der Waals surface area contributed by atoms with Crippen molar-refractivity contribution in [1.29, 1.82) is 0 Å². The summed E-state index contributed by atoms with van der Waals surface area (Å²) in [5, 5.41) is 0.260. The first-order valence-electron chi connectivity index (χ1n) is 5.03. The van der Waals surface area contributed by atoms with Crippen molar-refractivity contribution in [1.82, 2.24) is 9.97 Å². The van der Waals surface area contributed by atoms with E-state index in [1.54, 1.807) is 13.2 Å². The molecule has 7 heteroatoms. The summed E-state index contributed by atoms with van der Waals surface area (Å²) in [5.41, 5.74) is -0.935. The molecule has 1 rings (SSSR count). The van der Waals surface area contributed by atoms with Gasteiger partial charge in [-0.3, -0.25) is 0 Å². The Labute approximate surface area is 102 Å². The third-order valence-corrected chi connectivity index (χ3v) is 2.67. The van der Waals surface area contributed by atoms with E-state index in [1.165, 1.54) is 11.8 Å². The predicted octanol–water partition coefficient (Wildman–Crippen LogP) is 3.39. The molecule has 3 nitrogen and oxygen atoms in total. The van der Waals surface area contributed by atoms with Gasteiger partial charge in [0, 0.05) is 6.20 Å². The van der Waals surface area contributed by atoms with Crippen LogP contribution in [0.1, 0.15) is 25.8 Å². The van der Waals surface area contributed by atoms with E-state index in [4.69, 9.17) is 4.74 Å². The standard InChI is InChI=1S/C10H13F3N2OS/c1-4-6(2)16-8-7(10(11,12)13)5-14-9(15-8)17-3/h5-6H,4H2,1-3H3/t6-/m0/s1. The minimum absolute atomic E-state index is 0.260. The summed E-state index contributed by atoms with van der Waals surface area (Å²) in [7, 11) is 0. The van der Waals surface area contributed by atoms with Crippen LogP contribution in [0.5, 0.6) is 5.88 Å². The molecule has 0 radical (unpaired) electrons. The lowest BCUT2D eigenvalue weighted by molar-refractivity contribution is -0.140. The summed E-state index contributed by atoms with van der Waals surface area (Å²) in [5.74, 6) is -0.397. The van der Waals surface area contributed by atoms with E-state index in [2.05, 4.69) is 9.97 Å². The van der Waals surface area contributed by atoms with Crippen LogP contribution in [0.15, 0.2) is 11.4 Å². The van der Waals surface area contributed by atoms with Gasteiger partial charge in [-0.15, -0.1) is 0 Å². The summed E-state index contributed by atoms with van der Waals surface area (Å²) in [6, 6.07) is 0. The smallest absolute Gasteiger partial charge is 0.423 e. The average molecular weight is 266 g/mol. The second kappa shape index (κ2) is 5.57. The van der Waals surface area contributed by atoms with Crippen molar-refractivity contribution in [3.63, 3.8) is 0 Å². The molecule has 0 saturated carbocycles. The highest BCUT2D eigenvalue weighted by Crippen LogP contribution is 2.35. The van der Waals surface area contributed by atoms with Crippen LogP contribution < -0.4 is 4.74 Å². The maximum Gasteiger partial charge on any atom is 0.423 e. The Morgan fingerprint density at radius 3 is 2.59 bits per heavy atom. The topological polar surface area (TPSA) is 35.0 Å². The Hall–Kier alpha value is -0.980. The molecule has 0 aromatic carbocycles. The Balaban J connectivity index is 3.12. The first kappa shape index (κ1) is 14.1. The fourth-order valence-electron chi connectivity index (χ4n) is 1.01. The summed E-state index contributed by atoms with van der Waals surface area (Å²) < 4.78 is 43.2. The van der Waals surface area contributed by atoms with E-state index in [9.17, 15) is 13.2 Å². The highest BCUT2D eigenvalue weighted by Gasteiger charge is 2.36. The third kappa shape index (κ3) is 3.76. The SMILES string of the molecule is CC[C@H](C)Oc1nc(SC)ncc1C(F)(F)F. The molecule has 0 N–H and O–H groups in total. The van der Waals surface area contributed by atoms with E-state index in [0.717, 1.165) is 6.20 Å². The Morgan fingerprint density at radius 2 is 2.12 bits per heavy atom. The van der Waals surface area contributed by atoms with Crippen LogP contribution in [0.2, 0.25) is 0 Å². The van der Waals surface area contributed by atoms with Gasteiger partial charge < -0.3 is 4.74 Å².